The van der Waals surface area contributed by atoms with E-state index >= 15 is 0 Å². The van der Waals surface area contributed by atoms with Crippen LogP contribution < -0.4 is 10.2 Å². The van der Waals surface area contributed by atoms with Gasteiger partial charge in [-0.2, -0.15) is 0 Å². The molecule has 1 aliphatic heterocycles. The first-order valence-electron chi connectivity index (χ1n) is 5.54. The molecule has 16 heavy (non-hydrogen) atoms. The predicted octanol–water partition coefficient (Wildman–Crippen LogP) is 2.40. The molecule has 86 valence electrons. The van der Waals surface area contributed by atoms with Gasteiger partial charge in [0.2, 0.25) is 0 Å². The summed E-state index contributed by atoms with van der Waals surface area (Å²) in [4.78, 5) is 4.46. The van der Waals surface area contributed by atoms with Gasteiger partial charge in [-0.3, -0.25) is 0 Å². The molecular weight excluding hydrogens is 215 g/mol. The van der Waals surface area contributed by atoms with Crippen LogP contribution in [0.1, 0.15) is 0 Å². The average Bonchev–Trinajstić information content (AvgIpc) is 2.64. The molecule has 1 heterocycles. The van der Waals surface area contributed by atoms with Gasteiger partial charge in [0.25, 0.3) is 0 Å². The molecule has 0 saturated heterocycles. The van der Waals surface area contributed by atoms with Gasteiger partial charge in [0, 0.05) is 38.5 Å². The highest BCUT2D eigenvalue weighted by Gasteiger charge is 2.22. The normalized spacial score (nSPS) is 16.0. The van der Waals surface area contributed by atoms with Crippen LogP contribution in [0.25, 0.3) is 0 Å². The van der Waals surface area contributed by atoms with Gasteiger partial charge in [-0.25, -0.2) is 0 Å². The third-order valence-electron chi connectivity index (χ3n) is 2.81. The van der Waals surface area contributed by atoms with Crippen molar-refractivity contribution < 1.29 is 0 Å². The van der Waals surface area contributed by atoms with E-state index in [0.717, 1.165) is 6.67 Å². The molecule has 1 aromatic carbocycles. The lowest BCUT2D eigenvalue weighted by Gasteiger charge is -2.20. The second-order valence-electron chi connectivity index (χ2n) is 5.20. The molecule has 0 aliphatic carbocycles. The van der Waals surface area contributed by atoms with Gasteiger partial charge in [0.1, 0.15) is 0 Å². The van der Waals surface area contributed by atoms with Crippen molar-refractivity contribution in [3.05, 3.63) is 36.7 Å². The first-order valence-corrected chi connectivity index (χ1v) is 8.67. The number of benzene rings is 1. The Morgan fingerprint density at radius 1 is 1.12 bits per heavy atom. The highest BCUT2D eigenvalue weighted by molar-refractivity contribution is 7.80. The Balaban J connectivity index is 2.27. The molecule has 0 saturated carbocycles. The minimum absolute atomic E-state index is 0.915. The highest BCUT2D eigenvalue weighted by Crippen LogP contribution is 2.45. The van der Waals surface area contributed by atoms with Crippen LogP contribution in [-0.2, 0) is 0 Å². The van der Waals surface area contributed by atoms with Gasteiger partial charge < -0.3 is 9.80 Å². The molecule has 2 nitrogen and oxygen atoms in total. The molecule has 1 aliphatic rings. The van der Waals surface area contributed by atoms with Crippen LogP contribution in [-0.4, -0.2) is 38.6 Å². The maximum atomic E-state index is 2.36. The summed E-state index contributed by atoms with van der Waals surface area (Å²) >= 11 is 0. The number of nitrogens with zero attached hydrogens (tertiary/aromatic N) is 2. The van der Waals surface area contributed by atoms with E-state index in [9.17, 15) is 0 Å². The predicted molar refractivity (Wildman–Crippen MR) is 75.0 cm³/mol. The number of hydrogen-bond acceptors (Lipinski definition) is 2. The molecule has 0 atom stereocenters. The first kappa shape index (κ1) is 11.5. The van der Waals surface area contributed by atoms with Crippen LogP contribution in [0, 0.1) is 0 Å². The summed E-state index contributed by atoms with van der Waals surface area (Å²) in [5.74, 6) is 0. The first-order chi connectivity index (χ1) is 7.47. The molecule has 2 rings (SSSR count). The molecule has 0 spiro atoms. The molecule has 0 radical (unpaired) electrons. The van der Waals surface area contributed by atoms with Crippen molar-refractivity contribution in [2.75, 3.05) is 38.6 Å². The Kier molecular flexibility index (Phi) is 2.94. The van der Waals surface area contributed by atoms with Crippen molar-refractivity contribution in [1.82, 2.24) is 4.90 Å². The fourth-order valence-corrected chi connectivity index (χ4v) is 2.84. The van der Waals surface area contributed by atoms with E-state index in [0.29, 0.717) is 0 Å². The Labute approximate surface area is 98.9 Å². The van der Waals surface area contributed by atoms with Crippen molar-refractivity contribution in [1.29, 1.82) is 0 Å². The van der Waals surface area contributed by atoms with Crippen molar-refractivity contribution in [3.8, 4) is 0 Å². The number of hydrogen-bond donors (Lipinski definition) is 0. The van der Waals surface area contributed by atoms with Crippen LogP contribution in [0.5, 0.6) is 0 Å². The third kappa shape index (κ3) is 2.38. The van der Waals surface area contributed by atoms with E-state index in [4.69, 9.17) is 0 Å². The van der Waals surface area contributed by atoms with Crippen LogP contribution in [0.3, 0.4) is 0 Å². The average molecular weight is 235 g/mol. The van der Waals surface area contributed by atoms with E-state index in [1.54, 1.807) is 0 Å². The molecule has 3 heteroatoms. The fourth-order valence-electron chi connectivity index (χ4n) is 1.79. The molecule has 0 fully saturated rings. The summed E-state index contributed by atoms with van der Waals surface area (Å²) in [6, 6.07) is 8.93. The summed E-state index contributed by atoms with van der Waals surface area (Å²) in [6.07, 6.45) is 4.25. The Morgan fingerprint density at radius 2 is 1.88 bits per heavy atom. The monoisotopic (exact) mass is 235 g/mol. The van der Waals surface area contributed by atoms with Crippen molar-refractivity contribution in [2.45, 2.75) is 0 Å². The van der Waals surface area contributed by atoms with E-state index in [2.05, 4.69) is 73.5 Å². The van der Waals surface area contributed by atoms with Crippen LogP contribution >= 0.6 is 7.26 Å². The summed E-state index contributed by atoms with van der Waals surface area (Å²) in [7, 11) is 1.18. The topological polar surface area (TPSA) is 6.48 Å². The highest BCUT2D eigenvalue weighted by atomic mass is 31.2. The molecule has 0 unspecified atom stereocenters. The van der Waals surface area contributed by atoms with Gasteiger partial charge in [0.15, 0.2) is 0 Å². The summed E-state index contributed by atoms with van der Waals surface area (Å²) in [5.41, 5.74) is 1.30. The van der Waals surface area contributed by atoms with Gasteiger partial charge in [-0.15, -0.1) is 0 Å². The summed E-state index contributed by atoms with van der Waals surface area (Å²) in [6.45, 7) is 8.03. The lowest BCUT2D eigenvalue weighted by Crippen LogP contribution is -2.22. The molecular formula is C13H20N2P+. The standard InChI is InChI=1S/C13H20N2P/c1-14-8-9-15(11-14)12-6-5-7-13(10-12)16(2,3)4/h5-10H,11H2,1-4H3/q+1. The smallest absolute Gasteiger partial charge is 0.0951 e. The number of rotatable bonds is 2. The van der Waals surface area contributed by atoms with Crippen molar-refractivity contribution in [3.63, 3.8) is 0 Å². The summed E-state index contributed by atoms with van der Waals surface area (Å²) < 4.78 is 0. The van der Waals surface area contributed by atoms with E-state index < -0.39 is 7.26 Å². The number of anilines is 1. The molecule has 0 aromatic heterocycles. The molecule has 0 amide bonds. The van der Waals surface area contributed by atoms with Crippen LogP contribution in [0.4, 0.5) is 5.69 Å². The molecule has 0 bridgehead atoms. The SMILES string of the molecule is CN1C=CN(c2cccc([P+](C)(C)C)c2)C1. The quantitative estimate of drug-likeness (QED) is 0.726. The van der Waals surface area contributed by atoms with Gasteiger partial charge in [-0.05, 0) is 12.1 Å². The van der Waals surface area contributed by atoms with Crippen molar-refractivity contribution >= 4 is 18.3 Å². The Bertz CT molecular complexity index is 407. The van der Waals surface area contributed by atoms with E-state index in [1.807, 2.05) is 0 Å². The lowest BCUT2D eigenvalue weighted by atomic mass is 10.3. The minimum Gasteiger partial charge on any atom is -0.361 e. The molecule has 0 N–H and O–H groups in total. The zero-order valence-corrected chi connectivity index (χ0v) is 11.4. The summed E-state index contributed by atoms with van der Waals surface area (Å²) in [5, 5.41) is 1.49. The zero-order valence-electron chi connectivity index (χ0n) is 10.5. The maximum absolute atomic E-state index is 2.36. The largest absolute Gasteiger partial charge is 0.361 e. The zero-order chi connectivity index (χ0) is 11.8. The van der Waals surface area contributed by atoms with Crippen molar-refractivity contribution in [2.24, 2.45) is 0 Å². The van der Waals surface area contributed by atoms with Gasteiger partial charge in [-0.1, -0.05) is 6.07 Å². The second kappa shape index (κ2) is 4.10. The minimum atomic E-state index is -0.915. The van der Waals surface area contributed by atoms with E-state index in [1.165, 1.54) is 11.0 Å². The third-order valence-corrected chi connectivity index (χ3v) is 4.64. The second-order valence-corrected chi connectivity index (χ2v) is 9.74. The Hall–Kier alpha value is -1.01. The van der Waals surface area contributed by atoms with Gasteiger partial charge >= 0.3 is 0 Å². The Morgan fingerprint density at radius 3 is 2.44 bits per heavy atom. The molecule has 1 aromatic rings. The van der Waals surface area contributed by atoms with Crippen LogP contribution in [0.15, 0.2) is 36.7 Å². The van der Waals surface area contributed by atoms with Gasteiger partial charge in [0.05, 0.1) is 32.0 Å². The fraction of sp³-hybridized carbons (Fsp3) is 0.385. The lowest BCUT2D eigenvalue weighted by molar-refractivity contribution is 0.496. The van der Waals surface area contributed by atoms with Crippen LogP contribution in [0.2, 0.25) is 0 Å². The maximum Gasteiger partial charge on any atom is 0.0951 e. The van der Waals surface area contributed by atoms with E-state index in [-0.39, 0.29) is 0 Å².